The van der Waals surface area contributed by atoms with E-state index in [-0.39, 0.29) is 12.5 Å². The molecule has 0 saturated heterocycles. The standard InChI is InChI=1S/C6H7N4O2.Tl/c7-6-8-2-1-4(10-6)9-3-5(11)12;/h2H,3H2,(H,11,12)(H3,7,8,9,10);. The van der Waals surface area contributed by atoms with Gasteiger partial charge in [0.05, 0.1) is 0 Å². The Balaban J connectivity index is 2.75. The summed E-state index contributed by atoms with van der Waals surface area (Å²) in [5, 5.41) is 11.1. The molecular weight excluding hydrogens is 364 g/mol. The van der Waals surface area contributed by atoms with Crippen molar-refractivity contribution in [3.05, 3.63) is 6.20 Å². The van der Waals surface area contributed by atoms with Crippen LogP contribution in [0.1, 0.15) is 0 Å². The number of carboxylic acid groups (broad SMARTS) is 1. The summed E-state index contributed by atoms with van der Waals surface area (Å²) >= 11 is 0.543. The molecule has 1 heterocycles. The van der Waals surface area contributed by atoms with E-state index < -0.39 is 5.97 Å². The molecule has 13 heavy (non-hydrogen) atoms. The van der Waals surface area contributed by atoms with E-state index in [4.69, 9.17) is 10.8 Å². The Hall–Kier alpha value is -0.928. The zero-order chi connectivity index (χ0) is 9.84. The van der Waals surface area contributed by atoms with Gasteiger partial charge in [-0.05, 0) is 0 Å². The summed E-state index contributed by atoms with van der Waals surface area (Å²) in [7, 11) is 0. The summed E-state index contributed by atoms with van der Waals surface area (Å²) in [6.45, 7) is -0.157. The molecule has 0 bridgehead atoms. The molecule has 0 aliphatic rings. The van der Waals surface area contributed by atoms with Crippen molar-refractivity contribution in [2.45, 2.75) is 0 Å². The molecule has 66 valence electrons. The number of nitrogen functional groups attached to an aromatic ring is 1. The van der Waals surface area contributed by atoms with Gasteiger partial charge in [-0.25, -0.2) is 0 Å². The monoisotopic (exact) mass is 372 g/mol. The molecule has 6 nitrogen and oxygen atoms in total. The van der Waals surface area contributed by atoms with Crippen molar-refractivity contribution in [2.24, 2.45) is 0 Å². The van der Waals surface area contributed by atoms with E-state index in [9.17, 15) is 4.79 Å². The number of hydrogen-bond donors (Lipinski definition) is 3. The normalized spacial score (nSPS) is 9.46. The van der Waals surface area contributed by atoms with Crippen molar-refractivity contribution in [2.75, 3.05) is 17.6 Å². The summed E-state index contributed by atoms with van der Waals surface area (Å²) < 4.78 is 0.926. The third-order valence-electron chi connectivity index (χ3n) is 1.24. The third-order valence-corrected chi connectivity index (χ3v) is 2.89. The molecule has 0 aliphatic heterocycles. The van der Waals surface area contributed by atoms with Gasteiger partial charge in [0, 0.05) is 0 Å². The van der Waals surface area contributed by atoms with Gasteiger partial charge in [-0.2, -0.15) is 0 Å². The second-order valence-electron chi connectivity index (χ2n) is 2.28. The van der Waals surface area contributed by atoms with Gasteiger partial charge < -0.3 is 0 Å². The maximum atomic E-state index is 10.2. The van der Waals surface area contributed by atoms with E-state index in [2.05, 4.69) is 15.3 Å². The first-order chi connectivity index (χ1) is 6.09. The van der Waals surface area contributed by atoms with Crippen LogP contribution in [0.4, 0.5) is 11.8 Å². The second-order valence-corrected chi connectivity index (χ2v) is 4.70. The number of aromatic nitrogens is 2. The minimum absolute atomic E-state index is 0.150. The Morgan fingerprint density at radius 1 is 1.77 bits per heavy atom. The van der Waals surface area contributed by atoms with Crippen molar-refractivity contribution >= 4 is 46.6 Å². The Kier molecular flexibility index (Phi) is 3.40. The van der Waals surface area contributed by atoms with Crippen LogP contribution >= 0.6 is 0 Å². The van der Waals surface area contributed by atoms with Gasteiger partial charge in [0.15, 0.2) is 0 Å². The first-order valence-corrected chi connectivity index (χ1v) is 5.67. The zero-order valence-electron chi connectivity index (χ0n) is 6.69. The van der Waals surface area contributed by atoms with Gasteiger partial charge in [0.2, 0.25) is 0 Å². The molecule has 0 radical (unpaired) electrons. The van der Waals surface area contributed by atoms with Crippen LogP contribution in [0.5, 0.6) is 0 Å². The van der Waals surface area contributed by atoms with Crippen LogP contribution in [0.15, 0.2) is 6.20 Å². The number of carboxylic acids is 1. The molecule has 0 saturated carbocycles. The molecule has 0 aromatic carbocycles. The SMILES string of the molecule is Nc1nc[c]([Tl])c(NCC(=O)O)n1. The molecule has 0 unspecified atom stereocenters. The number of nitrogens with two attached hydrogens (primary N) is 1. The van der Waals surface area contributed by atoms with Crippen LogP contribution in [0, 0.1) is 0 Å². The Morgan fingerprint density at radius 2 is 2.46 bits per heavy atom. The number of anilines is 2. The van der Waals surface area contributed by atoms with E-state index in [0.717, 1.165) is 3.12 Å². The van der Waals surface area contributed by atoms with E-state index in [1.165, 1.54) is 0 Å². The molecule has 4 N–H and O–H groups in total. The Labute approximate surface area is 90.3 Å². The predicted molar refractivity (Wildman–Crippen MR) is 48.0 cm³/mol. The number of rotatable bonds is 3. The number of carbonyl (C=O) groups is 1. The predicted octanol–water partition coefficient (Wildman–Crippen LogP) is -1.65. The third kappa shape index (κ3) is 3.13. The number of nitrogens with one attached hydrogen (secondary N) is 1. The molecule has 1 rings (SSSR count). The van der Waals surface area contributed by atoms with E-state index in [0.29, 0.717) is 31.6 Å². The maximum absolute atomic E-state index is 10.2. The quantitative estimate of drug-likeness (QED) is 0.551. The van der Waals surface area contributed by atoms with Crippen LogP contribution in [0.2, 0.25) is 0 Å². The van der Waals surface area contributed by atoms with Gasteiger partial charge in [-0.3, -0.25) is 0 Å². The van der Waals surface area contributed by atoms with Crippen LogP contribution < -0.4 is 14.2 Å². The van der Waals surface area contributed by atoms with E-state index in [1.54, 1.807) is 6.20 Å². The molecule has 0 aliphatic carbocycles. The summed E-state index contributed by atoms with van der Waals surface area (Å²) in [4.78, 5) is 17.9. The van der Waals surface area contributed by atoms with Gasteiger partial charge in [-0.1, -0.05) is 0 Å². The molecular formula is C6H7N4O2Tl. The van der Waals surface area contributed by atoms with Gasteiger partial charge in [-0.15, -0.1) is 0 Å². The summed E-state index contributed by atoms with van der Waals surface area (Å²) in [5.41, 5.74) is 5.34. The number of hydrogen-bond acceptors (Lipinski definition) is 5. The van der Waals surface area contributed by atoms with E-state index in [1.807, 2.05) is 0 Å². The fraction of sp³-hybridized carbons (Fsp3) is 0.167. The summed E-state index contributed by atoms with van der Waals surface area (Å²) in [6, 6.07) is 0. The van der Waals surface area contributed by atoms with E-state index >= 15 is 0 Å². The van der Waals surface area contributed by atoms with Crippen LogP contribution in [0.3, 0.4) is 0 Å². The average molecular weight is 372 g/mol. The fourth-order valence-corrected chi connectivity index (χ4v) is 1.64. The van der Waals surface area contributed by atoms with Crippen LogP contribution in [-0.4, -0.2) is 53.4 Å². The van der Waals surface area contributed by atoms with Crippen molar-refractivity contribution < 1.29 is 9.90 Å². The number of aliphatic carboxylic acids is 1. The van der Waals surface area contributed by atoms with Crippen LogP contribution in [-0.2, 0) is 4.79 Å². The van der Waals surface area contributed by atoms with Crippen molar-refractivity contribution in [3.8, 4) is 0 Å². The van der Waals surface area contributed by atoms with Crippen molar-refractivity contribution in [3.63, 3.8) is 0 Å². The Morgan fingerprint density at radius 3 is 3.08 bits per heavy atom. The first-order valence-electron chi connectivity index (χ1n) is 3.43. The summed E-state index contributed by atoms with van der Waals surface area (Å²) in [5.74, 6) is -0.251. The van der Waals surface area contributed by atoms with Crippen LogP contribution in [0.25, 0.3) is 0 Å². The molecule has 0 amide bonds. The molecule has 0 fully saturated rings. The van der Waals surface area contributed by atoms with Crippen molar-refractivity contribution in [1.82, 2.24) is 9.97 Å². The number of nitrogens with zero attached hydrogens (tertiary/aromatic N) is 2. The molecule has 0 spiro atoms. The van der Waals surface area contributed by atoms with Gasteiger partial charge >= 0.3 is 90.3 Å². The molecule has 7 heteroatoms. The molecule has 1 aromatic rings. The first kappa shape index (κ1) is 10.2. The van der Waals surface area contributed by atoms with Gasteiger partial charge in [0.1, 0.15) is 0 Å². The minimum atomic E-state index is -0.929. The molecule has 0 atom stereocenters. The van der Waals surface area contributed by atoms with Crippen molar-refractivity contribution in [1.29, 1.82) is 0 Å². The fourth-order valence-electron chi connectivity index (χ4n) is 0.706. The summed E-state index contributed by atoms with van der Waals surface area (Å²) in [6.07, 6.45) is 1.61. The van der Waals surface area contributed by atoms with Gasteiger partial charge in [0.25, 0.3) is 0 Å². The molecule has 1 aromatic heterocycles. The average Bonchev–Trinajstić information content (AvgIpc) is 2.06. The second kappa shape index (κ2) is 4.35. The zero-order valence-corrected chi connectivity index (χ0v) is 11.2. The topological polar surface area (TPSA) is 101 Å². The Bertz CT molecular complexity index is 330.